The highest BCUT2D eigenvalue weighted by molar-refractivity contribution is 5.78. The molecule has 1 N–H and O–H groups in total. The summed E-state index contributed by atoms with van der Waals surface area (Å²) in [5.74, 6) is 0.271. The van der Waals surface area contributed by atoms with Crippen LogP contribution in [-0.2, 0) is 4.79 Å². The van der Waals surface area contributed by atoms with Gasteiger partial charge in [-0.2, -0.15) is 0 Å². The molecular weight excluding hydrogens is 238 g/mol. The number of hydrogen-bond acceptors (Lipinski definition) is 3. The predicted molar refractivity (Wildman–Crippen MR) is 78.1 cm³/mol. The van der Waals surface area contributed by atoms with E-state index in [4.69, 9.17) is 0 Å². The van der Waals surface area contributed by atoms with E-state index in [1.807, 2.05) is 4.90 Å². The zero-order valence-electron chi connectivity index (χ0n) is 12.6. The lowest BCUT2D eigenvalue weighted by Crippen LogP contribution is -2.50. The molecule has 4 heteroatoms. The van der Waals surface area contributed by atoms with Crippen molar-refractivity contribution in [2.75, 3.05) is 46.3 Å². The van der Waals surface area contributed by atoms with E-state index in [2.05, 4.69) is 24.2 Å². The minimum atomic E-state index is 0.271. The second-order valence-electron chi connectivity index (χ2n) is 6.66. The van der Waals surface area contributed by atoms with E-state index in [9.17, 15) is 4.79 Å². The topological polar surface area (TPSA) is 35.6 Å². The molecule has 0 atom stereocenters. The zero-order valence-corrected chi connectivity index (χ0v) is 12.6. The van der Waals surface area contributed by atoms with E-state index < -0.39 is 0 Å². The second kappa shape index (κ2) is 6.71. The molecule has 2 aliphatic rings. The Morgan fingerprint density at radius 2 is 1.74 bits per heavy atom. The quantitative estimate of drug-likeness (QED) is 0.834. The van der Waals surface area contributed by atoms with Gasteiger partial charge in [0.1, 0.15) is 0 Å². The van der Waals surface area contributed by atoms with Gasteiger partial charge in [0.15, 0.2) is 0 Å². The van der Waals surface area contributed by atoms with E-state index >= 15 is 0 Å². The summed E-state index contributed by atoms with van der Waals surface area (Å²) in [7, 11) is 2.12. The first-order valence-electron chi connectivity index (χ1n) is 7.76. The molecule has 1 heterocycles. The summed E-state index contributed by atoms with van der Waals surface area (Å²) >= 11 is 0. The van der Waals surface area contributed by atoms with Gasteiger partial charge >= 0.3 is 0 Å². The van der Waals surface area contributed by atoms with Crippen LogP contribution in [0.15, 0.2) is 0 Å². The van der Waals surface area contributed by atoms with Crippen molar-refractivity contribution >= 4 is 5.91 Å². The maximum Gasteiger partial charge on any atom is 0.236 e. The third-order valence-electron chi connectivity index (χ3n) is 4.74. The highest BCUT2D eigenvalue weighted by Gasteiger charge is 2.27. The van der Waals surface area contributed by atoms with E-state index in [-0.39, 0.29) is 5.91 Å². The Hall–Kier alpha value is -0.610. The molecule has 4 nitrogen and oxygen atoms in total. The summed E-state index contributed by atoms with van der Waals surface area (Å²) in [4.78, 5) is 16.4. The van der Waals surface area contributed by atoms with Crippen molar-refractivity contribution in [3.05, 3.63) is 0 Å². The lowest BCUT2D eigenvalue weighted by atomic mass is 9.76. The number of rotatable bonds is 4. The van der Waals surface area contributed by atoms with Crippen LogP contribution in [0.25, 0.3) is 0 Å². The number of hydrogen-bond donors (Lipinski definition) is 1. The lowest BCUT2D eigenvalue weighted by Gasteiger charge is -2.35. The number of carbonyl (C=O) groups is 1. The Bertz CT molecular complexity index is 292. The summed E-state index contributed by atoms with van der Waals surface area (Å²) in [5, 5.41) is 3.40. The Labute approximate surface area is 117 Å². The van der Waals surface area contributed by atoms with Gasteiger partial charge in [-0.3, -0.25) is 4.79 Å². The van der Waals surface area contributed by atoms with E-state index in [0.717, 1.165) is 32.7 Å². The molecule has 2 fully saturated rings. The van der Waals surface area contributed by atoms with Crippen LogP contribution in [0.4, 0.5) is 0 Å². The molecular formula is C15H29N3O. The summed E-state index contributed by atoms with van der Waals surface area (Å²) in [6, 6.07) is 0. The van der Waals surface area contributed by atoms with E-state index in [1.54, 1.807) is 0 Å². The van der Waals surface area contributed by atoms with Gasteiger partial charge < -0.3 is 15.1 Å². The third kappa shape index (κ3) is 4.46. The van der Waals surface area contributed by atoms with Crippen molar-refractivity contribution in [3.8, 4) is 0 Å². The van der Waals surface area contributed by atoms with Crippen LogP contribution in [0.2, 0.25) is 0 Å². The molecule has 0 spiro atoms. The van der Waals surface area contributed by atoms with Crippen molar-refractivity contribution < 1.29 is 4.79 Å². The average molecular weight is 267 g/mol. The number of nitrogens with zero attached hydrogens (tertiary/aromatic N) is 2. The summed E-state index contributed by atoms with van der Waals surface area (Å²) in [5.41, 5.74) is 0.417. The molecule has 0 radical (unpaired) electrons. The lowest BCUT2D eigenvalue weighted by molar-refractivity contribution is -0.131. The summed E-state index contributed by atoms with van der Waals surface area (Å²) in [6.45, 7) is 7.64. The molecule has 0 bridgehead atoms. The molecule has 1 saturated heterocycles. The number of piperazine rings is 1. The van der Waals surface area contributed by atoms with Crippen molar-refractivity contribution in [3.63, 3.8) is 0 Å². The van der Waals surface area contributed by atoms with Gasteiger partial charge in [-0.1, -0.05) is 26.2 Å². The van der Waals surface area contributed by atoms with E-state index in [0.29, 0.717) is 12.0 Å². The standard InChI is InChI=1S/C15H29N3O/c1-15(6-4-3-5-7-15)13-16-12-14(19)18-10-8-17(2)9-11-18/h16H,3-13H2,1-2H3. The van der Waals surface area contributed by atoms with Crippen molar-refractivity contribution in [2.45, 2.75) is 39.0 Å². The molecule has 0 aromatic rings. The Kier molecular flexibility index (Phi) is 5.22. The van der Waals surface area contributed by atoms with Crippen LogP contribution >= 0.6 is 0 Å². The van der Waals surface area contributed by atoms with Gasteiger partial charge in [0.25, 0.3) is 0 Å². The Balaban J connectivity index is 1.66. The fraction of sp³-hybridized carbons (Fsp3) is 0.933. The summed E-state index contributed by atoms with van der Waals surface area (Å²) in [6.07, 6.45) is 6.70. The second-order valence-corrected chi connectivity index (χ2v) is 6.66. The summed E-state index contributed by atoms with van der Waals surface area (Å²) < 4.78 is 0. The fourth-order valence-corrected chi connectivity index (χ4v) is 3.22. The highest BCUT2D eigenvalue weighted by Crippen LogP contribution is 2.34. The van der Waals surface area contributed by atoms with Gasteiger partial charge in [-0.15, -0.1) is 0 Å². The molecule has 0 aromatic carbocycles. The van der Waals surface area contributed by atoms with Gasteiger partial charge in [0.05, 0.1) is 6.54 Å². The normalized spacial score (nSPS) is 24.4. The molecule has 1 aliphatic carbocycles. The maximum atomic E-state index is 12.1. The third-order valence-corrected chi connectivity index (χ3v) is 4.74. The molecule has 0 aromatic heterocycles. The van der Waals surface area contributed by atoms with Crippen molar-refractivity contribution in [1.82, 2.24) is 15.1 Å². The fourth-order valence-electron chi connectivity index (χ4n) is 3.22. The largest absolute Gasteiger partial charge is 0.339 e. The molecule has 19 heavy (non-hydrogen) atoms. The van der Waals surface area contributed by atoms with Crippen molar-refractivity contribution in [1.29, 1.82) is 0 Å². The number of likely N-dealkylation sites (N-methyl/N-ethyl adjacent to an activating group) is 1. The predicted octanol–water partition coefficient (Wildman–Crippen LogP) is 1.32. The first-order chi connectivity index (χ1) is 9.09. The molecule has 1 saturated carbocycles. The van der Waals surface area contributed by atoms with Crippen LogP contribution in [0.3, 0.4) is 0 Å². The molecule has 0 unspecified atom stereocenters. The van der Waals surface area contributed by atoms with Crippen molar-refractivity contribution in [2.24, 2.45) is 5.41 Å². The molecule has 110 valence electrons. The van der Waals surface area contributed by atoms with Gasteiger partial charge in [0, 0.05) is 32.7 Å². The van der Waals surface area contributed by atoms with Crippen LogP contribution in [0.5, 0.6) is 0 Å². The van der Waals surface area contributed by atoms with Crippen LogP contribution in [0.1, 0.15) is 39.0 Å². The van der Waals surface area contributed by atoms with Crippen LogP contribution in [-0.4, -0.2) is 62.0 Å². The molecule has 1 amide bonds. The average Bonchev–Trinajstić information content (AvgIpc) is 2.40. The number of carbonyl (C=O) groups excluding carboxylic acids is 1. The highest BCUT2D eigenvalue weighted by atomic mass is 16.2. The monoisotopic (exact) mass is 267 g/mol. The molecule has 1 aliphatic heterocycles. The SMILES string of the molecule is CN1CCN(C(=O)CNCC2(C)CCCCC2)CC1. The Morgan fingerprint density at radius 1 is 1.11 bits per heavy atom. The Morgan fingerprint density at radius 3 is 2.37 bits per heavy atom. The number of amides is 1. The number of nitrogens with one attached hydrogen (secondary N) is 1. The first kappa shape index (κ1) is 14.8. The van der Waals surface area contributed by atoms with E-state index in [1.165, 1.54) is 32.1 Å². The zero-order chi connectivity index (χ0) is 13.7. The van der Waals surface area contributed by atoms with Crippen LogP contribution in [0, 0.1) is 5.41 Å². The maximum absolute atomic E-state index is 12.1. The van der Waals surface area contributed by atoms with Gasteiger partial charge in [-0.05, 0) is 25.3 Å². The minimum Gasteiger partial charge on any atom is -0.339 e. The first-order valence-corrected chi connectivity index (χ1v) is 7.76. The van der Waals surface area contributed by atoms with Gasteiger partial charge in [0.2, 0.25) is 5.91 Å². The minimum absolute atomic E-state index is 0.271. The smallest absolute Gasteiger partial charge is 0.236 e. The van der Waals surface area contributed by atoms with Gasteiger partial charge in [-0.25, -0.2) is 0 Å². The molecule has 2 rings (SSSR count). The van der Waals surface area contributed by atoms with Crippen LogP contribution < -0.4 is 5.32 Å².